The van der Waals surface area contributed by atoms with Crippen molar-refractivity contribution >= 4 is 11.6 Å². The molecular weight excluding hydrogens is 208 g/mol. The van der Waals surface area contributed by atoms with Crippen molar-refractivity contribution in [3.8, 4) is 0 Å². The Morgan fingerprint density at radius 3 is 2.73 bits per heavy atom. The highest BCUT2D eigenvalue weighted by molar-refractivity contribution is 6.30. The quantitative estimate of drug-likeness (QED) is 0.805. The Balaban J connectivity index is 1.98. The molecule has 0 saturated carbocycles. The van der Waals surface area contributed by atoms with Crippen LogP contribution in [0.15, 0.2) is 24.3 Å². The molecule has 1 aliphatic heterocycles. The van der Waals surface area contributed by atoms with Crippen LogP contribution in [0.5, 0.6) is 0 Å². The molecule has 0 radical (unpaired) electrons. The Labute approximate surface area is 95.8 Å². The molecule has 0 aliphatic carbocycles. The van der Waals surface area contributed by atoms with Gasteiger partial charge in [0, 0.05) is 17.6 Å². The summed E-state index contributed by atoms with van der Waals surface area (Å²) in [6, 6.07) is 8.37. The standard InChI is InChI=1S/C12H17ClN2/c13-11-3-1-9(2-4-11)7-10-5-6-15-8-12(10)14/h1-4,10,12,15H,5-8,14H2. The van der Waals surface area contributed by atoms with E-state index in [4.69, 9.17) is 17.3 Å². The third kappa shape index (κ3) is 2.94. The van der Waals surface area contributed by atoms with Crippen LogP contribution in [0, 0.1) is 5.92 Å². The van der Waals surface area contributed by atoms with Crippen LogP contribution in [0.1, 0.15) is 12.0 Å². The van der Waals surface area contributed by atoms with Gasteiger partial charge in [0.1, 0.15) is 0 Å². The summed E-state index contributed by atoms with van der Waals surface area (Å²) in [6.07, 6.45) is 2.24. The molecule has 2 atom stereocenters. The molecule has 82 valence electrons. The van der Waals surface area contributed by atoms with Crippen molar-refractivity contribution in [2.75, 3.05) is 13.1 Å². The van der Waals surface area contributed by atoms with E-state index in [9.17, 15) is 0 Å². The number of halogens is 1. The average Bonchev–Trinajstić information content (AvgIpc) is 2.25. The Hall–Kier alpha value is -0.570. The fourth-order valence-corrected chi connectivity index (χ4v) is 2.24. The summed E-state index contributed by atoms with van der Waals surface area (Å²) >= 11 is 5.85. The first-order chi connectivity index (χ1) is 7.25. The van der Waals surface area contributed by atoms with Gasteiger partial charge in [-0.2, -0.15) is 0 Å². The predicted molar refractivity (Wildman–Crippen MR) is 64.1 cm³/mol. The van der Waals surface area contributed by atoms with E-state index in [1.165, 1.54) is 12.0 Å². The first-order valence-electron chi connectivity index (χ1n) is 5.46. The van der Waals surface area contributed by atoms with Crippen LogP contribution < -0.4 is 11.1 Å². The summed E-state index contributed by atoms with van der Waals surface area (Å²) in [6.45, 7) is 2.03. The molecule has 0 bridgehead atoms. The maximum Gasteiger partial charge on any atom is 0.0406 e. The minimum atomic E-state index is 0.287. The highest BCUT2D eigenvalue weighted by Crippen LogP contribution is 2.18. The molecule has 1 aliphatic rings. The van der Waals surface area contributed by atoms with Gasteiger partial charge in [0.25, 0.3) is 0 Å². The maximum absolute atomic E-state index is 6.07. The number of nitrogens with one attached hydrogen (secondary N) is 1. The van der Waals surface area contributed by atoms with Crippen molar-refractivity contribution in [2.45, 2.75) is 18.9 Å². The molecule has 2 nitrogen and oxygen atoms in total. The summed E-state index contributed by atoms with van der Waals surface area (Å²) in [7, 11) is 0. The molecule has 2 rings (SSSR count). The van der Waals surface area contributed by atoms with Crippen LogP contribution in [0.2, 0.25) is 5.02 Å². The smallest absolute Gasteiger partial charge is 0.0406 e. The van der Waals surface area contributed by atoms with Crippen LogP contribution in [-0.4, -0.2) is 19.1 Å². The topological polar surface area (TPSA) is 38.0 Å². The van der Waals surface area contributed by atoms with Gasteiger partial charge in [-0.25, -0.2) is 0 Å². The van der Waals surface area contributed by atoms with Crippen LogP contribution in [0.3, 0.4) is 0 Å². The minimum absolute atomic E-state index is 0.287. The summed E-state index contributed by atoms with van der Waals surface area (Å²) < 4.78 is 0. The van der Waals surface area contributed by atoms with Gasteiger partial charge in [0.2, 0.25) is 0 Å². The number of hydrogen-bond donors (Lipinski definition) is 2. The van der Waals surface area contributed by atoms with Gasteiger partial charge in [-0.3, -0.25) is 0 Å². The molecule has 0 amide bonds. The van der Waals surface area contributed by atoms with Crippen molar-refractivity contribution in [1.29, 1.82) is 0 Å². The Morgan fingerprint density at radius 2 is 2.07 bits per heavy atom. The summed E-state index contributed by atoms with van der Waals surface area (Å²) in [5.41, 5.74) is 7.40. The van der Waals surface area contributed by atoms with Crippen molar-refractivity contribution in [3.63, 3.8) is 0 Å². The van der Waals surface area contributed by atoms with E-state index in [0.29, 0.717) is 5.92 Å². The lowest BCUT2D eigenvalue weighted by Crippen LogP contribution is -2.46. The van der Waals surface area contributed by atoms with Crippen molar-refractivity contribution < 1.29 is 0 Å². The Morgan fingerprint density at radius 1 is 1.33 bits per heavy atom. The molecule has 3 N–H and O–H groups in total. The first kappa shape index (κ1) is 10.9. The molecule has 0 spiro atoms. The normalized spacial score (nSPS) is 26.5. The lowest BCUT2D eigenvalue weighted by molar-refractivity contribution is 0.322. The van der Waals surface area contributed by atoms with Crippen LogP contribution in [0.4, 0.5) is 0 Å². The van der Waals surface area contributed by atoms with Gasteiger partial charge in [0.15, 0.2) is 0 Å². The third-order valence-electron chi connectivity index (χ3n) is 3.09. The van der Waals surface area contributed by atoms with E-state index >= 15 is 0 Å². The van der Waals surface area contributed by atoms with Gasteiger partial charge in [-0.1, -0.05) is 23.7 Å². The maximum atomic E-state index is 6.07. The number of benzene rings is 1. The van der Waals surface area contributed by atoms with Gasteiger partial charge in [-0.15, -0.1) is 0 Å². The van der Waals surface area contributed by atoms with E-state index in [-0.39, 0.29) is 6.04 Å². The highest BCUT2D eigenvalue weighted by atomic mass is 35.5. The molecule has 1 heterocycles. The zero-order valence-electron chi connectivity index (χ0n) is 8.75. The zero-order chi connectivity index (χ0) is 10.7. The van der Waals surface area contributed by atoms with Crippen LogP contribution >= 0.6 is 11.6 Å². The molecular formula is C12H17ClN2. The van der Waals surface area contributed by atoms with E-state index in [1.807, 2.05) is 12.1 Å². The fraction of sp³-hybridized carbons (Fsp3) is 0.500. The first-order valence-corrected chi connectivity index (χ1v) is 5.84. The molecule has 15 heavy (non-hydrogen) atoms. The molecule has 1 aromatic carbocycles. The second kappa shape index (κ2) is 4.97. The van der Waals surface area contributed by atoms with E-state index in [1.54, 1.807) is 0 Å². The number of hydrogen-bond acceptors (Lipinski definition) is 2. The minimum Gasteiger partial charge on any atom is -0.326 e. The second-order valence-corrected chi connectivity index (χ2v) is 4.68. The Bertz CT molecular complexity index is 310. The highest BCUT2D eigenvalue weighted by Gasteiger charge is 2.21. The largest absolute Gasteiger partial charge is 0.326 e. The van der Waals surface area contributed by atoms with Gasteiger partial charge >= 0.3 is 0 Å². The summed E-state index contributed by atoms with van der Waals surface area (Å²) in [4.78, 5) is 0. The molecule has 0 aromatic heterocycles. The second-order valence-electron chi connectivity index (χ2n) is 4.25. The Kier molecular flexibility index (Phi) is 3.62. The van der Waals surface area contributed by atoms with E-state index in [0.717, 1.165) is 24.5 Å². The van der Waals surface area contributed by atoms with Crippen molar-refractivity contribution in [3.05, 3.63) is 34.9 Å². The van der Waals surface area contributed by atoms with E-state index in [2.05, 4.69) is 17.4 Å². The summed E-state index contributed by atoms with van der Waals surface area (Å²) in [5.74, 6) is 0.604. The van der Waals surface area contributed by atoms with Crippen LogP contribution in [0.25, 0.3) is 0 Å². The average molecular weight is 225 g/mol. The summed E-state index contributed by atoms with van der Waals surface area (Å²) in [5, 5.41) is 4.11. The van der Waals surface area contributed by atoms with Gasteiger partial charge in [-0.05, 0) is 43.0 Å². The molecule has 3 heteroatoms. The lowest BCUT2D eigenvalue weighted by Gasteiger charge is -2.29. The lowest BCUT2D eigenvalue weighted by atomic mass is 9.87. The number of nitrogens with two attached hydrogens (primary N) is 1. The predicted octanol–water partition coefficient (Wildman–Crippen LogP) is 1.82. The molecule has 1 aromatic rings. The molecule has 2 unspecified atom stereocenters. The van der Waals surface area contributed by atoms with Crippen molar-refractivity contribution in [2.24, 2.45) is 11.7 Å². The number of rotatable bonds is 2. The number of piperidine rings is 1. The monoisotopic (exact) mass is 224 g/mol. The van der Waals surface area contributed by atoms with Gasteiger partial charge < -0.3 is 11.1 Å². The third-order valence-corrected chi connectivity index (χ3v) is 3.34. The van der Waals surface area contributed by atoms with Crippen molar-refractivity contribution in [1.82, 2.24) is 5.32 Å². The zero-order valence-corrected chi connectivity index (χ0v) is 9.50. The van der Waals surface area contributed by atoms with E-state index < -0.39 is 0 Å². The SMILES string of the molecule is NC1CNCCC1Cc1ccc(Cl)cc1. The molecule has 1 saturated heterocycles. The van der Waals surface area contributed by atoms with Gasteiger partial charge in [0.05, 0.1) is 0 Å². The fourth-order valence-electron chi connectivity index (χ4n) is 2.11. The van der Waals surface area contributed by atoms with Crippen LogP contribution in [-0.2, 0) is 6.42 Å². The molecule has 1 fully saturated rings.